The van der Waals surface area contributed by atoms with Crippen molar-refractivity contribution in [1.82, 2.24) is 5.32 Å². The second-order valence-electron chi connectivity index (χ2n) is 6.62. The minimum atomic E-state index is -0.539. The van der Waals surface area contributed by atoms with Crippen LogP contribution in [-0.2, 0) is 14.3 Å². The van der Waals surface area contributed by atoms with Gasteiger partial charge in [-0.1, -0.05) is 25.8 Å². The number of methoxy groups -OCH3 is 1. The molecule has 26 heavy (non-hydrogen) atoms. The zero-order valence-corrected chi connectivity index (χ0v) is 15.5. The van der Waals surface area contributed by atoms with E-state index in [9.17, 15) is 9.59 Å². The van der Waals surface area contributed by atoms with E-state index in [4.69, 9.17) is 9.47 Å². The summed E-state index contributed by atoms with van der Waals surface area (Å²) in [5, 5.41) is 8.85. The van der Waals surface area contributed by atoms with Crippen molar-refractivity contribution in [3.05, 3.63) is 24.3 Å². The third kappa shape index (κ3) is 6.92. The van der Waals surface area contributed by atoms with Gasteiger partial charge in [0.1, 0.15) is 6.61 Å². The van der Waals surface area contributed by atoms with Crippen molar-refractivity contribution in [2.45, 2.75) is 38.6 Å². The second kappa shape index (κ2) is 10.7. The predicted octanol–water partition coefficient (Wildman–Crippen LogP) is 2.99. The lowest BCUT2D eigenvalue weighted by Crippen LogP contribution is -2.43. The summed E-state index contributed by atoms with van der Waals surface area (Å²) in [5.74, 6) is 0.519. The zero-order valence-electron chi connectivity index (χ0n) is 15.5. The first kappa shape index (κ1) is 20.0. The molecular weight excluding hydrogens is 334 g/mol. The SMILES string of the molecule is COCCOC(=O)Nc1cccc(NCC(=O)N[C@H]2CCCC[C@H]2C)c1. The van der Waals surface area contributed by atoms with Gasteiger partial charge in [0.2, 0.25) is 5.91 Å². The van der Waals surface area contributed by atoms with E-state index in [1.165, 1.54) is 19.3 Å². The zero-order chi connectivity index (χ0) is 18.8. The number of benzene rings is 1. The van der Waals surface area contributed by atoms with Crippen molar-refractivity contribution >= 4 is 23.4 Å². The lowest BCUT2D eigenvalue weighted by molar-refractivity contribution is -0.120. The van der Waals surface area contributed by atoms with Crippen LogP contribution in [0.4, 0.5) is 16.2 Å². The summed E-state index contributed by atoms with van der Waals surface area (Å²) in [6, 6.07) is 7.43. The lowest BCUT2D eigenvalue weighted by atomic mass is 9.86. The van der Waals surface area contributed by atoms with Gasteiger partial charge < -0.3 is 20.1 Å². The normalized spacial score (nSPS) is 19.5. The van der Waals surface area contributed by atoms with Gasteiger partial charge in [0, 0.05) is 24.5 Å². The van der Waals surface area contributed by atoms with E-state index in [0.29, 0.717) is 18.2 Å². The van der Waals surface area contributed by atoms with Gasteiger partial charge in [-0.25, -0.2) is 4.79 Å². The van der Waals surface area contributed by atoms with Gasteiger partial charge in [-0.2, -0.15) is 0 Å². The van der Waals surface area contributed by atoms with Crippen LogP contribution in [0.15, 0.2) is 24.3 Å². The minimum Gasteiger partial charge on any atom is -0.447 e. The summed E-state index contributed by atoms with van der Waals surface area (Å²) in [6.45, 7) is 2.94. The number of hydrogen-bond acceptors (Lipinski definition) is 5. The molecule has 7 heteroatoms. The molecule has 1 aromatic rings. The van der Waals surface area contributed by atoms with Crippen molar-refractivity contribution in [3.63, 3.8) is 0 Å². The molecule has 0 aliphatic heterocycles. The predicted molar refractivity (Wildman–Crippen MR) is 101 cm³/mol. The molecule has 1 aliphatic rings. The fraction of sp³-hybridized carbons (Fsp3) is 0.579. The Morgan fingerprint density at radius 3 is 2.69 bits per heavy atom. The molecule has 1 saturated carbocycles. The summed E-state index contributed by atoms with van der Waals surface area (Å²) < 4.78 is 9.78. The van der Waals surface area contributed by atoms with Gasteiger partial charge in [0.25, 0.3) is 0 Å². The maximum Gasteiger partial charge on any atom is 0.411 e. The number of rotatable bonds is 8. The van der Waals surface area contributed by atoms with Gasteiger partial charge in [-0.15, -0.1) is 0 Å². The Morgan fingerprint density at radius 1 is 1.15 bits per heavy atom. The number of hydrogen-bond donors (Lipinski definition) is 3. The van der Waals surface area contributed by atoms with Crippen molar-refractivity contribution in [1.29, 1.82) is 0 Å². The number of amides is 2. The Bertz CT molecular complexity index is 594. The van der Waals surface area contributed by atoms with E-state index >= 15 is 0 Å². The lowest BCUT2D eigenvalue weighted by Gasteiger charge is -2.29. The molecule has 144 valence electrons. The van der Waals surface area contributed by atoms with E-state index in [-0.39, 0.29) is 25.1 Å². The topological polar surface area (TPSA) is 88.7 Å². The monoisotopic (exact) mass is 363 g/mol. The van der Waals surface area contributed by atoms with Crippen molar-refractivity contribution < 1.29 is 19.1 Å². The van der Waals surface area contributed by atoms with Gasteiger partial charge in [0.15, 0.2) is 0 Å². The van der Waals surface area contributed by atoms with Crippen LogP contribution in [0.25, 0.3) is 0 Å². The molecule has 2 atom stereocenters. The summed E-state index contributed by atoms with van der Waals surface area (Å²) in [6.07, 6.45) is 4.11. The number of nitrogens with one attached hydrogen (secondary N) is 3. The van der Waals surface area contributed by atoms with E-state index < -0.39 is 6.09 Å². The van der Waals surface area contributed by atoms with Crippen LogP contribution in [-0.4, -0.2) is 44.9 Å². The molecular formula is C19H29N3O4. The first-order chi connectivity index (χ1) is 12.6. The molecule has 0 spiro atoms. The fourth-order valence-corrected chi connectivity index (χ4v) is 3.05. The van der Waals surface area contributed by atoms with Crippen molar-refractivity contribution in [2.24, 2.45) is 5.92 Å². The molecule has 0 bridgehead atoms. The largest absolute Gasteiger partial charge is 0.447 e. The van der Waals surface area contributed by atoms with Gasteiger partial charge >= 0.3 is 6.09 Å². The summed E-state index contributed by atoms with van der Waals surface area (Å²) in [7, 11) is 1.54. The van der Waals surface area contributed by atoms with E-state index in [0.717, 1.165) is 12.1 Å². The molecule has 2 amide bonds. The highest BCUT2D eigenvalue weighted by molar-refractivity contribution is 5.86. The number of carbonyl (C=O) groups is 2. The standard InChI is InChI=1S/C19H29N3O4/c1-14-6-3-4-9-17(14)22-18(23)13-20-15-7-5-8-16(12-15)21-19(24)26-11-10-25-2/h5,7-8,12,14,17,20H,3-4,6,9-11,13H2,1-2H3,(H,21,24)(H,22,23)/t14-,17+/m1/s1. The molecule has 0 radical (unpaired) electrons. The maximum atomic E-state index is 12.2. The number of anilines is 2. The molecule has 3 N–H and O–H groups in total. The van der Waals surface area contributed by atoms with Crippen LogP contribution in [0.1, 0.15) is 32.6 Å². The molecule has 0 saturated heterocycles. The average Bonchev–Trinajstić information content (AvgIpc) is 2.62. The van der Waals surface area contributed by atoms with E-state index in [1.54, 1.807) is 25.3 Å². The third-order valence-corrected chi connectivity index (χ3v) is 4.54. The minimum absolute atomic E-state index is 0.0129. The molecule has 7 nitrogen and oxygen atoms in total. The second-order valence-corrected chi connectivity index (χ2v) is 6.62. The Labute approximate surface area is 154 Å². The fourth-order valence-electron chi connectivity index (χ4n) is 3.05. The van der Waals surface area contributed by atoms with Crippen molar-refractivity contribution in [3.8, 4) is 0 Å². The quantitative estimate of drug-likeness (QED) is 0.618. The number of ether oxygens (including phenoxy) is 2. The smallest absolute Gasteiger partial charge is 0.411 e. The molecule has 1 aromatic carbocycles. The molecule has 0 heterocycles. The highest BCUT2D eigenvalue weighted by atomic mass is 16.6. The van der Waals surface area contributed by atoms with Crippen LogP contribution in [0.3, 0.4) is 0 Å². The molecule has 0 aromatic heterocycles. The summed E-state index contributed by atoms with van der Waals surface area (Å²) in [4.78, 5) is 23.8. The Hall–Kier alpha value is -2.28. The molecule has 0 unspecified atom stereocenters. The van der Waals surface area contributed by atoms with Crippen LogP contribution >= 0.6 is 0 Å². The Kier molecular flexibility index (Phi) is 8.21. The van der Waals surface area contributed by atoms with Crippen LogP contribution < -0.4 is 16.0 Å². The summed E-state index contributed by atoms with van der Waals surface area (Å²) in [5.41, 5.74) is 1.35. The first-order valence-corrected chi connectivity index (χ1v) is 9.14. The van der Waals surface area contributed by atoms with Gasteiger partial charge in [0.05, 0.1) is 13.2 Å². The van der Waals surface area contributed by atoms with Crippen LogP contribution in [0.2, 0.25) is 0 Å². The maximum absolute atomic E-state index is 12.2. The highest BCUT2D eigenvalue weighted by Crippen LogP contribution is 2.23. The molecule has 1 aliphatic carbocycles. The van der Waals surface area contributed by atoms with Crippen LogP contribution in [0, 0.1) is 5.92 Å². The Morgan fingerprint density at radius 2 is 1.92 bits per heavy atom. The van der Waals surface area contributed by atoms with Gasteiger partial charge in [-0.05, 0) is 37.0 Å². The Balaban J connectivity index is 1.76. The summed E-state index contributed by atoms with van der Waals surface area (Å²) >= 11 is 0. The van der Waals surface area contributed by atoms with E-state index in [1.807, 2.05) is 6.07 Å². The van der Waals surface area contributed by atoms with Crippen molar-refractivity contribution in [2.75, 3.05) is 37.5 Å². The molecule has 2 rings (SSSR count). The van der Waals surface area contributed by atoms with E-state index in [2.05, 4.69) is 22.9 Å². The van der Waals surface area contributed by atoms with Crippen LogP contribution in [0.5, 0.6) is 0 Å². The van der Waals surface area contributed by atoms with Gasteiger partial charge in [-0.3, -0.25) is 10.1 Å². The highest BCUT2D eigenvalue weighted by Gasteiger charge is 2.22. The first-order valence-electron chi connectivity index (χ1n) is 9.14. The number of carbonyl (C=O) groups excluding carboxylic acids is 2. The average molecular weight is 363 g/mol. The molecule has 1 fully saturated rings. The third-order valence-electron chi connectivity index (χ3n) is 4.54.